The summed E-state index contributed by atoms with van der Waals surface area (Å²) in [5.74, 6) is -0.247. The summed E-state index contributed by atoms with van der Waals surface area (Å²) in [6.45, 7) is 0. The lowest BCUT2D eigenvalue weighted by Crippen LogP contribution is -2.36. The van der Waals surface area contributed by atoms with Crippen molar-refractivity contribution in [1.82, 2.24) is 5.06 Å². The van der Waals surface area contributed by atoms with Crippen LogP contribution in [0, 0.1) is 0 Å². The molecule has 3 nitrogen and oxygen atoms in total. The zero-order chi connectivity index (χ0) is 11.4. The number of hydroxylamine groups is 2. The molecule has 1 N–H and O–H groups in total. The van der Waals surface area contributed by atoms with Crippen molar-refractivity contribution in [3.05, 3.63) is 48.0 Å². The first kappa shape index (κ1) is 10.9. The molecular formula is C13H15NO2. The van der Waals surface area contributed by atoms with Crippen LogP contribution in [-0.4, -0.2) is 22.2 Å². The molecular weight excluding hydrogens is 202 g/mol. The predicted octanol–water partition coefficient (Wildman–Crippen LogP) is 2.17. The average Bonchev–Trinajstić information content (AvgIpc) is 2.83. The topological polar surface area (TPSA) is 40.5 Å². The molecule has 0 fully saturated rings. The quantitative estimate of drug-likeness (QED) is 0.479. The number of allylic oxidation sites excluding steroid dienone is 1. The molecule has 16 heavy (non-hydrogen) atoms. The Hall–Kier alpha value is -1.61. The first-order valence-electron chi connectivity index (χ1n) is 5.49. The second-order valence-electron chi connectivity index (χ2n) is 3.97. The van der Waals surface area contributed by atoms with E-state index < -0.39 is 0 Å². The van der Waals surface area contributed by atoms with Gasteiger partial charge in [0.1, 0.15) is 0 Å². The van der Waals surface area contributed by atoms with Crippen LogP contribution in [-0.2, 0) is 11.2 Å². The third-order valence-corrected chi connectivity index (χ3v) is 2.76. The number of carbonyl (C=O) groups excluding carboxylic acids is 1. The minimum Gasteiger partial charge on any atom is -0.285 e. The van der Waals surface area contributed by atoms with Crippen molar-refractivity contribution in [2.45, 2.75) is 25.3 Å². The normalized spacial score (nSPS) is 18.7. The molecule has 1 aliphatic rings. The fourth-order valence-corrected chi connectivity index (χ4v) is 1.86. The van der Waals surface area contributed by atoms with E-state index in [1.165, 1.54) is 0 Å². The van der Waals surface area contributed by atoms with Gasteiger partial charge in [0.25, 0.3) is 5.91 Å². The van der Waals surface area contributed by atoms with Crippen LogP contribution in [0.2, 0.25) is 0 Å². The Morgan fingerprint density at radius 1 is 1.38 bits per heavy atom. The first-order valence-corrected chi connectivity index (χ1v) is 5.49. The van der Waals surface area contributed by atoms with Crippen molar-refractivity contribution >= 4 is 5.91 Å². The van der Waals surface area contributed by atoms with Gasteiger partial charge in [-0.1, -0.05) is 42.5 Å². The van der Waals surface area contributed by atoms with Gasteiger partial charge in [0.05, 0.1) is 12.5 Å². The highest BCUT2D eigenvalue weighted by Crippen LogP contribution is 2.15. The molecule has 0 aromatic heterocycles. The van der Waals surface area contributed by atoms with Crippen LogP contribution in [0.15, 0.2) is 42.5 Å². The Morgan fingerprint density at radius 3 is 2.75 bits per heavy atom. The van der Waals surface area contributed by atoms with Crippen molar-refractivity contribution in [2.75, 3.05) is 0 Å². The van der Waals surface area contributed by atoms with Gasteiger partial charge >= 0.3 is 0 Å². The van der Waals surface area contributed by atoms with E-state index in [0.29, 0.717) is 0 Å². The third kappa shape index (κ3) is 2.49. The summed E-state index contributed by atoms with van der Waals surface area (Å²) in [6, 6.07) is 9.31. The lowest BCUT2D eigenvalue weighted by molar-refractivity contribution is -0.170. The van der Waals surface area contributed by atoms with Gasteiger partial charge in [-0.05, 0) is 18.4 Å². The van der Waals surface area contributed by atoms with E-state index in [9.17, 15) is 10.0 Å². The number of hydrogen-bond acceptors (Lipinski definition) is 2. The zero-order valence-corrected chi connectivity index (χ0v) is 9.04. The fraction of sp³-hybridized carbons (Fsp3) is 0.308. The van der Waals surface area contributed by atoms with Gasteiger partial charge in [0.15, 0.2) is 0 Å². The Labute approximate surface area is 95.0 Å². The second-order valence-corrected chi connectivity index (χ2v) is 3.97. The Balaban J connectivity index is 1.95. The molecule has 0 radical (unpaired) electrons. The van der Waals surface area contributed by atoms with Crippen molar-refractivity contribution in [3.63, 3.8) is 0 Å². The molecule has 1 atom stereocenters. The molecule has 0 spiro atoms. The van der Waals surface area contributed by atoms with E-state index in [2.05, 4.69) is 0 Å². The summed E-state index contributed by atoms with van der Waals surface area (Å²) >= 11 is 0. The standard InChI is InChI=1S/C13H15NO2/c15-13(10-11-6-2-1-3-7-11)14(16)12-8-4-5-9-12/h1-4,6-8,12,16H,5,9-10H2. The third-order valence-electron chi connectivity index (χ3n) is 2.76. The van der Waals surface area contributed by atoms with Gasteiger partial charge < -0.3 is 0 Å². The van der Waals surface area contributed by atoms with E-state index in [4.69, 9.17) is 0 Å². The van der Waals surface area contributed by atoms with Crippen LogP contribution < -0.4 is 0 Å². The molecule has 1 aromatic rings. The van der Waals surface area contributed by atoms with Crippen LogP contribution in [0.1, 0.15) is 18.4 Å². The van der Waals surface area contributed by atoms with Crippen molar-refractivity contribution in [3.8, 4) is 0 Å². The summed E-state index contributed by atoms with van der Waals surface area (Å²) in [5.41, 5.74) is 0.925. The summed E-state index contributed by atoms with van der Waals surface area (Å²) in [6.07, 6.45) is 5.87. The smallest absolute Gasteiger partial charge is 0.250 e. The van der Waals surface area contributed by atoms with E-state index in [0.717, 1.165) is 23.5 Å². The van der Waals surface area contributed by atoms with Crippen LogP contribution in [0.25, 0.3) is 0 Å². The van der Waals surface area contributed by atoms with E-state index in [1.54, 1.807) is 0 Å². The predicted molar refractivity (Wildman–Crippen MR) is 60.9 cm³/mol. The van der Waals surface area contributed by atoms with Gasteiger partial charge in [-0.2, -0.15) is 0 Å². The van der Waals surface area contributed by atoms with Crippen LogP contribution >= 0.6 is 0 Å². The van der Waals surface area contributed by atoms with Gasteiger partial charge in [-0.3, -0.25) is 10.0 Å². The lowest BCUT2D eigenvalue weighted by Gasteiger charge is -2.20. The summed E-state index contributed by atoms with van der Waals surface area (Å²) in [4.78, 5) is 11.7. The van der Waals surface area contributed by atoms with Gasteiger partial charge in [0.2, 0.25) is 0 Å². The molecule has 1 amide bonds. The molecule has 3 heteroatoms. The Morgan fingerprint density at radius 2 is 2.12 bits per heavy atom. The molecule has 0 heterocycles. The van der Waals surface area contributed by atoms with Crippen molar-refractivity contribution < 1.29 is 10.0 Å². The molecule has 0 bridgehead atoms. The van der Waals surface area contributed by atoms with E-state index in [1.807, 2.05) is 42.5 Å². The summed E-state index contributed by atoms with van der Waals surface area (Å²) < 4.78 is 0. The number of benzene rings is 1. The maximum absolute atomic E-state index is 11.7. The van der Waals surface area contributed by atoms with Crippen LogP contribution in [0.4, 0.5) is 0 Å². The monoisotopic (exact) mass is 217 g/mol. The largest absolute Gasteiger partial charge is 0.285 e. The SMILES string of the molecule is O=C(Cc1ccccc1)N(O)C1C=CCC1. The van der Waals surface area contributed by atoms with Gasteiger partial charge in [-0.25, -0.2) is 5.06 Å². The molecule has 0 aliphatic heterocycles. The minimum absolute atomic E-state index is 0.142. The van der Waals surface area contributed by atoms with E-state index >= 15 is 0 Å². The highest BCUT2D eigenvalue weighted by Gasteiger charge is 2.21. The fourth-order valence-electron chi connectivity index (χ4n) is 1.86. The second kappa shape index (κ2) is 4.94. The minimum atomic E-state index is -0.247. The summed E-state index contributed by atoms with van der Waals surface area (Å²) in [5, 5.41) is 10.6. The number of carbonyl (C=O) groups is 1. The number of rotatable bonds is 3. The molecule has 1 aromatic carbocycles. The molecule has 84 valence electrons. The maximum atomic E-state index is 11.7. The molecule has 0 saturated carbocycles. The number of amides is 1. The maximum Gasteiger partial charge on any atom is 0.250 e. The van der Waals surface area contributed by atoms with Crippen molar-refractivity contribution in [1.29, 1.82) is 0 Å². The number of hydrogen-bond donors (Lipinski definition) is 1. The molecule has 0 saturated heterocycles. The van der Waals surface area contributed by atoms with Crippen molar-refractivity contribution in [2.24, 2.45) is 0 Å². The zero-order valence-electron chi connectivity index (χ0n) is 9.04. The van der Waals surface area contributed by atoms with Gasteiger partial charge in [-0.15, -0.1) is 0 Å². The Bertz CT molecular complexity index is 386. The van der Waals surface area contributed by atoms with E-state index in [-0.39, 0.29) is 18.4 Å². The average molecular weight is 217 g/mol. The van der Waals surface area contributed by atoms with Crippen LogP contribution in [0.5, 0.6) is 0 Å². The van der Waals surface area contributed by atoms with Crippen LogP contribution in [0.3, 0.4) is 0 Å². The highest BCUT2D eigenvalue weighted by molar-refractivity contribution is 5.78. The van der Waals surface area contributed by atoms with Gasteiger partial charge in [0, 0.05) is 0 Å². The highest BCUT2D eigenvalue weighted by atomic mass is 16.5. The Kier molecular flexibility index (Phi) is 3.37. The first-order chi connectivity index (χ1) is 7.77. The lowest BCUT2D eigenvalue weighted by atomic mass is 10.1. The molecule has 2 rings (SSSR count). The summed E-state index contributed by atoms with van der Waals surface area (Å²) in [7, 11) is 0. The molecule has 1 aliphatic carbocycles. The molecule has 1 unspecified atom stereocenters. The number of nitrogens with zero attached hydrogens (tertiary/aromatic N) is 1.